The zero-order valence-corrected chi connectivity index (χ0v) is 16.9. The van der Waals surface area contributed by atoms with E-state index in [-0.39, 0.29) is 28.4 Å². The topological polar surface area (TPSA) is 104 Å². The van der Waals surface area contributed by atoms with E-state index in [2.05, 4.69) is 15.4 Å². The SMILES string of the molecule is CC[C@@H](C)NC(=O)[C@H](C)NC(=O)c1cccc(S(=O)(=O)NC2CCCC2)c1. The van der Waals surface area contributed by atoms with Gasteiger partial charge in [-0.2, -0.15) is 0 Å². The van der Waals surface area contributed by atoms with Gasteiger partial charge >= 0.3 is 0 Å². The minimum Gasteiger partial charge on any atom is -0.352 e. The van der Waals surface area contributed by atoms with E-state index in [1.807, 2.05) is 13.8 Å². The van der Waals surface area contributed by atoms with Crippen LogP contribution in [-0.2, 0) is 14.8 Å². The molecule has 1 aromatic rings. The van der Waals surface area contributed by atoms with E-state index in [0.717, 1.165) is 32.1 Å². The van der Waals surface area contributed by atoms with Gasteiger partial charge in [0.05, 0.1) is 4.90 Å². The molecule has 0 bridgehead atoms. The van der Waals surface area contributed by atoms with Crippen LogP contribution >= 0.6 is 0 Å². The van der Waals surface area contributed by atoms with Crippen molar-refractivity contribution in [2.75, 3.05) is 0 Å². The lowest BCUT2D eigenvalue weighted by atomic mass is 10.2. The molecule has 8 heteroatoms. The second-order valence-corrected chi connectivity index (χ2v) is 8.86. The van der Waals surface area contributed by atoms with E-state index < -0.39 is 22.0 Å². The summed E-state index contributed by atoms with van der Waals surface area (Å²) in [6.07, 6.45) is 4.50. The van der Waals surface area contributed by atoms with E-state index >= 15 is 0 Å². The Kier molecular flexibility index (Phi) is 7.38. The third kappa shape index (κ3) is 6.04. The average molecular weight is 396 g/mol. The van der Waals surface area contributed by atoms with E-state index in [4.69, 9.17) is 0 Å². The van der Waals surface area contributed by atoms with Crippen molar-refractivity contribution in [2.45, 2.75) is 75.9 Å². The largest absolute Gasteiger partial charge is 0.352 e. The van der Waals surface area contributed by atoms with Crippen LogP contribution in [0.25, 0.3) is 0 Å². The molecule has 1 saturated carbocycles. The van der Waals surface area contributed by atoms with Crippen molar-refractivity contribution in [2.24, 2.45) is 0 Å². The number of benzene rings is 1. The molecule has 3 N–H and O–H groups in total. The first kappa shape index (κ1) is 21.4. The third-order valence-corrected chi connectivity index (χ3v) is 6.34. The highest BCUT2D eigenvalue weighted by Crippen LogP contribution is 2.20. The fraction of sp³-hybridized carbons (Fsp3) is 0.579. The van der Waals surface area contributed by atoms with E-state index in [0.29, 0.717) is 0 Å². The Morgan fingerprint density at radius 2 is 1.81 bits per heavy atom. The Bertz CT molecular complexity index is 773. The zero-order valence-electron chi connectivity index (χ0n) is 16.1. The van der Waals surface area contributed by atoms with E-state index in [1.54, 1.807) is 6.92 Å². The van der Waals surface area contributed by atoms with Crippen LogP contribution in [0, 0.1) is 0 Å². The van der Waals surface area contributed by atoms with Gasteiger partial charge < -0.3 is 10.6 Å². The van der Waals surface area contributed by atoms with E-state index in [9.17, 15) is 18.0 Å². The number of amides is 2. The maximum Gasteiger partial charge on any atom is 0.251 e. The Morgan fingerprint density at radius 1 is 1.15 bits per heavy atom. The van der Waals surface area contributed by atoms with Gasteiger partial charge in [0, 0.05) is 17.6 Å². The number of nitrogens with one attached hydrogen (secondary N) is 3. The molecule has 0 radical (unpaired) electrons. The van der Waals surface area contributed by atoms with Crippen molar-refractivity contribution in [3.05, 3.63) is 29.8 Å². The quantitative estimate of drug-likeness (QED) is 0.626. The van der Waals surface area contributed by atoms with Crippen molar-refractivity contribution in [3.8, 4) is 0 Å². The van der Waals surface area contributed by atoms with Gasteiger partial charge in [-0.15, -0.1) is 0 Å². The van der Waals surface area contributed by atoms with Crippen molar-refractivity contribution in [1.82, 2.24) is 15.4 Å². The van der Waals surface area contributed by atoms with Crippen LogP contribution in [0.2, 0.25) is 0 Å². The van der Waals surface area contributed by atoms with Crippen molar-refractivity contribution in [3.63, 3.8) is 0 Å². The van der Waals surface area contributed by atoms with Gasteiger partial charge in [-0.1, -0.05) is 25.8 Å². The molecule has 27 heavy (non-hydrogen) atoms. The molecule has 2 amide bonds. The predicted octanol–water partition coefficient (Wildman–Crippen LogP) is 1.94. The van der Waals surface area contributed by atoms with Crippen LogP contribution in [0.4, 0.5) is 0 Å². The monoisotopic (exact) mass is 395 g/mol. The highest BCUT2D eigenvalue weighted by Gasteiger charge is 2.24. The first-order valence-electron chi connectivity index (χ1n) is 9.46. The Morgan fingerprint density at radius 3 is 2.44 bits per heavy atom. The maximum absolute atomic E-state index is 12.5. The molecule has 1 aliphatic rings. The van der Waals surface area contributed by atoms with Crippen LogP contribution in [0.15, 0.2) is 29.2 Å². The summed E-state index contributed by atoms with van der Waals surface area (Å²) in [6, 6.07) is 5.12. The molecule has 0 aliphatic heterocycles. The summed E-state index contributed by atoms with van der Waals surface area (Å²) in [5.41, 5.74) is 0.201. The molecule has 1 aliphatic carbocycles. The molecule has 0 heterocycles. The summed E-state index contributed by atoms with van der Waals surface area (Å²) in [5.74, 6) is -0.760. The minimum absolute atomic E-state index is 0.0204. The van der Waals surface area contributed by atoms with Crippen LogP contribution in [0.1, 0.15) is 63.2 Å². The number of carbonyl (C=O) groups is 2. The van der Waals surface area contributed by atoms with Gasteiger partial charge in [-0.05, 0) is 51.3 Å². The minimum atomic E-state index is -3.67. The molecule has 0 aromatic heterocycles. The van der Waals surface area contributed by atoms with Gasteiger partial charge in [0.2, 0.25) is 15.9 Å². The molecule has 7 nitrogen and oxygen atoms in total. The summed E-state index contributed by atoms with van der Waals surface area (Å²) in [5, 5.41) is 5.41. The number of rotatable bonds is 8. The number of sulfonamides is 1. The second-order valence-electron chi connectivity index (χ2n) is 7.14. The normalized spacial score (nSPS) is 17.3. The molecular weight excluding hydrogens is 366 g/mol. The second kappa shape index (κ2) is 9.32. The lowest BCUT2D eigenvalue weighted by Crippen LogP contribution is -2.47. The van der Waals surface area contributed by atoms with Crippen LogP contribution < -0.4 is 15.4 Å². The lowest BCUT2D eigenvalue weighted by molar-refractivity contribution is -0.123. The fourth-order valence-electron chi connectivity index (χ4n) is 2.95. The van der Waals surface area contributed by atoms with Crippen molar-refractivity contribution in [1.29, 1.82) is 0 Å². The van der Waals surface area contributed by atoms with Crippen LogP contribution in [-0.4, -0.2) is 38.4 Å². The van der Waals surface area contributed by atoms with Gasteiger partial charge in [-0.3, -0.25) is 9.59 Å². The molecule has 2 atom stereocenters. The van der Waals surface area contributed by atoms with Gasteiger partial charge in [0.15, 0.2) is 0 Å². The van der Waals surface area contributed by atoms with Crippen molar-refractivity contribution < 1.29 is 18.0 Å². The molecule has 0 unspecified atom stereocenters. The highest BCUT2D eigenvalue weighted by molar-refractivity contribution is 7.89. The molecule has 1 aromatic carbocycles. The van der Waals surface area contributed by atoms with Crippen molar-refractivity contribution >= 4 is 21.8 Å². The smallest absolute Gasteiger partial charge is 0.251 e. The Labute approximate surface area is 161 Å². The van der Waals surface area contributed by atoms with E-state index in [1.165, 1.54) is 24.3 Å². The molecule has 1 fully saturated rings. The van der Waals surface area contributed by atoms with Gasteiger partial charge in [0.25, 0.3) is 5.91 Å². The molecule has 150 valence electrons. The van der Waals surface area contributed by atoms with Gasteiger partial charge in [0.1, 0.15) is 6.04 Å². The summed E-state index contributed by atoms with van der Waals surface area (Å²) < 4.78 is 27.8. The standard InChI is InChI=1S/C19H29N3O4S/c1-4-13(2)20-18(23)14(3)21-19(24)15-8-7-11-17(12-15)27(25,26)22-16-9-5-6-10-16/h7-8,11-14,16,22H,4-6,9-10H2,1-3H3,(H,20,23)(H,21,24)/t13-,14+/m1/s1. The fourth-order valence-corrected chi connectivity index (χ4v) is 4.30. The van der Waals surface area contributed by atoms with Crippen LogP contribution in [0.5, 0.6) is 0 Å². The molecular formula is C19H29N3O4S. The molecule has 2 rings (SSSR count). The summed E-state index contributed by atoms with van der Waals surface area (Å²) >= 11 is 0. The van der Waals surface area contributed by atoms with Gasteiger partial charge in [-0.25, -0.2) is 13.1 Å². The Balaban J connectivity index is 2.05. The van der Waals surface area contributed by atoms with Crippen LogP contribution in [0.3, 0.4) is 0 Å². The molecule has 0 saturated heterocycles. The summed E-state index contributed by atoms with van der Waals surface area (Å²) in [7, 11) is -3.67. The number of hydrogen-bond donors (Lipinski definition) is 3. The number of hydrogen-bond acceptors (Lipinski definition) is 4. The third-order valence-electron chi connectivity index (χ3n) is 4.83. The number of carbonyl (C=O) groups excluding carboxylic acids is 2. The average Bonchev–Trinajstić information content (AvgIpc) is 3.13. The highest BCUT2D eigenvalue weighted by atomic mass is 32.2. The first-order chi connectivity index (χ1) is 12.7. The first-order valence-corrected chi connectivity index (χ1v) is 10.9. The summed E-state index contributed by atoms with van der Waals surface area (Å²) in [4.78, 5) is 24.6. The summed E-state index contributed by atoms with van der Waals surface area (Å²) in [6.45, 7) is 5.44. The predicted molar refractivity (Wildman–Crippen MR) is 104 cm³/mol. The lowest BCUT2D eigenvalue weighted by Gasteiger charge is -2.18. The molecule has 0 spiro atoms. The maximum atomic E-state index is 12.5. The Hall–Kier alpha value is -1.93. The zero-order chi connectivity index (χ0) is 20.0.